The summed E-state index contributed by atoms with van der Waals surface area (Å²) in [5, 5.41) is 10.5. The second kappa shape index (κ2) is 7.55. The van der Waals surface area contributed by atoms with Crippen LogP contribution in [0.5, 0.6) is 5.75 Å². The lowest BCUT2D eigenvalue weighted by Crippen LogP contribution is -2.28. The Bertz CT molecular complexity index is 480. The number of hydrogen-bond donors (Lipinski definition) is 0. The third-order valence-corrected chi connectivity index (χ3v) is 2.80. The highest BCUT2D eigenvalue weighted by atomic mass is 16.7. The van der Waals surface area contributed by atoms with Crippen molar-refractivity contribution in [1.82, 2.24) is 0 Å². The van der Waals surface area contributed by atoms with Crippen molar-refractivity contribution in [1.29, 1.82) is 0 Å². The molecule has 0 aromatic heterocycles. The zero-order valence-corrected chi connectivity index (χ0v) is 11.2. The summed E-state index contributed by atoms with van der Waals surface area (Å²) in [7, 11) is 0. The number of rotatable bonds is 3. The average Bonchev–Trinajstić information content (AvgIpc) is 2.42. The number of hydrogen-bond acceptors (Lipinski definition) is 7. The zero-order chi connectivity index (χ0) is 15.1. The van der Waals surface area contributed by atoms with E-state index in [1.54, 1.807) is 0 Å². The lowest BCUT2D eigenvalue weighted by Gasteiger charge is -2.20. The molecular formula is C13H15NO7. The van der Waals surface area contributed by atoms with E-state index >= 15 is 0 Å². The molecule has 8 heteroatoms. The van der Waals surface area contributed by atoms with Crippen LogP contribution in [0.4, 0.5) is 10.5 Å². The van der Waals surface area contributed by atoms with Gasteiger partial charge in [-0.25, -0.2) is 4.79 Å². The minimum atomic E-state index is -0.862. The summed E-state index contributed by atoms with van der Waals surface area (Å²) in [5.74, 6) is 0.181. The van der Waals surface area contributed by atoms with Crippen molar-refractivity contribution in [2.24, 2.45) is 0 Å². The van der Waals surface area contributed by atoms with Gasteiger partial charge in [0.05, 0.1) is 11.5 Å². The average molecular weight is 297 g/mol. The largest absolute Gasteiger partial charge is 0.514 e. The topological polar surface area (TPSA) is 97.1 Å². The SMILES string of the molecule is O=C(Oc1ccc([N+](=O)[O-])cc1)OC1CCCOCOC1. The van der Waals surface area contributed by atoms with E-state index in [1.165, 1.54) is 24.3 Å². The molecule has 1 atom stereocenters. The van der Waals surface area contributed by atoms with E-state index in [0.29, 0.717) is 13.0 Å². The van der Waals surface area contributed by atoms with Gasteiger partial charge in [-0.3, -0.25) is 10.1 Å². The fourth-order valence-corrected chi connectivity index (χ4v) is 1.78. The summed E-state index contributed by atoms with van der Waals surface area (Å²) in [4.78, 5) is 21.6. The first-order valence-electron chi connectivity index (χ1n) is 6.43. The molecule has 0 amide bonds. The Labute approximate surface area is 120 Å². The number of ether oxygens (including phenoxy) is 4. The number of nitro groups is 1. The number of nitrogens with zero attached hydrogens (tertiary/aromatic N) is 1. The lowest BCUT2D eigenvalue weighted by molar-refractivity contribution is -0.384. The molecule has 1 saturated heterocycles. The smallest absolute Gasteiger partial charge is 0.428 e. The predicted molar refractivity (Wildman–Crippen MR) is 70.0 cm³/mol. The van der Waals surface area contributed by atoms with Crippen molar-refractivity contribution in [3.63, 3.8) is 0 Å². The summed E-state index contributed by atoms with van der Waals surface area (Å²) >= 11 is 0. The molecular weight excluding hydrogens is 282 g/mol. The van der Waals surface area contributed by atoms with Gasteiger partial charge in [0.1, 0.15) is 18.6 Å². The Morgan fingerprint density at radius 1 is 1.29 bits per heavy atom. The standard InChI is InChI=1S/C13H15NO7/c15-13(21-12-2-1-7-18-9-19-8-12)20-11-5-3-10(4-6-11)14(16)17/h3-6,12H,1-2,7-9H2. The predicted octanol–water partition coefficient (Wildman–Crippen LogP) is 2.26. The Balaban J connectivity index is 1.84. The highest BCUT2D eigenvalue weighted by Gasteiger charge is 2.18. The first-order chi connectivity index (χ1) is 10.1. The number of non-ortho nitro benzene ring substituents is 1. The molecule has 1 aromatic carbocycles. The summed E-state index contributed by atoms with van der Waals surface area (Å²) in [6, 6.07) is 5.17. The van der Waals surface area contributed by atoms with Crippen molar-refractivity contribution in [2.75, 3.05) is 20.0 Å². The van der Waals surface area contributed by atoms with E-state index < -0.39 is 11.1 Å². The van der Waals surface area contributed by atoms with Crippen molar-refractivity contribution >= 4 is 11.8 Å². The molecule has 2 rings (SSSR count). The molecule has 114 valence electrons. The fraction of sp³-hybridized carbons (Fsp3) is 0.462. The molecule has 1 aromatic rings. The highest BCUT2D eigenvalue weighted by Crippen LogP contribution is 2.18. The van der Waals surface area contributed by atoms with Crippen LogP contribution < -0.4 is 4.74 Å². The summed E-state index contributed by atoms with van der Waals surface area (Å²) in [6.07, 6.45) is 0.132. The molecule has 21 heavy (non-hydrogen) atoms. The second-order valence-corrected chi connectivity index (χ2v) is 4.38. The second-order valence-electron chi connectivity index (χ2n) is 4.38. The van der Waals surface area contributed by atoms with Crippen molar-refractivity contribution < 1.29 is 28.7 Å². The fourth-order valence-electron chi connectivity index (χ4n) is 1.78. The van der Waals surface area contributed by atoms with Gasteiger partial charge in [-0.1, -0.05) is 0 Å². The molecule has 0 spiro atoms. The summed E-state index contributed by atoms with van der Waals surface area (Å²) < 4.78 is 20.3. The molecule has 0 saturated carbocycles. The monoisotopic (exact) mass is 297 g/mol. The van der Waals surface area contributed by atoms with Crippen LogP contribution >= 0.6 is 0 Å². The number of benzene rings is 1. The maximum atomic E-state index is 11.6. The van der Waals surface area contributed by atoms with Crippen LogP contribution in [-0.4, -0.2) is 37.2 Å². The Morgan fingerprint density at radius 3 is 2.76 bits per heavy atom. The van der Waals surface area contributed by atoms with Crippen molar-refractivity contribution in [3.8, 4) is 5.75 Å². The van der Waals surface area contributed by atoms with Gasteiger partial charge in [0.15, 0.2) is 0 Å². The van der Waals surface area contributed by atoms with E-state index in [0.717, 1.165) is 6.42 Å². The molecule has 1 heterocycles. The van der Waals surface area contributed by atoms with Crippen LogP contribution in [0.1, 0.15) is 12.8 Å². The van der Waals surface area contributed by atoms with Gasteiger partial charge in [0, 0.05) is 18.7 Å². The van der Waals surface area contributed by atoms with Crippen LogP contribution in [0.25, 0.3) is 0 Å². The van der Waals surface area contributed by atoms with E-state index in [4.69, 9.17) is 18.9 Å². The third kappa shape index (κ3) is 5.01. The maximum Gasteiger partial charge on any atom is 0.514 e. The van der Waals surface area contributed by atoms with Crippen LogP contribution in [0.2, 0.25) is 0 Å². The minimum absolute atomic E-state index is 0.0795. The Morgan fingerprint density at radius 2 is 2.05 bits per heavy atom. The zero-order valence-electron chi connectivity index (χ0n) is 11.2. The van der Waals surface area contributed by atoms with Gasteiger partial charge in [0.25, 0.3) is 5.69 Å². The van der Waals surface area contributed by atoms with Crippen LogP contribution in [0.15, 0.2) is 24.3 Å². The molecule has 0 N–H and O–H groups in total. The molecule has 1 aliphatic heterocycles. The van der Waals surface area contributed by atoms with Gasteiger partial charge < -0.3 is 18.9 Å². The minimum Gasteiger partial charge on any atom is -0.428 e. The third-order valence-electron chi connectivity index (χ3n) is 2.80. The molecule has 1 unspecified atom stereocenters. The van der Waals surface area contributed by atoms with Crippen LogP contribution in [0.3, 0.4) is 0 Å². The van der Waals surface area contributed by atoms with E-state index in [9.17, 15) is 14.9 Å². The molecule has 1 aliphatic rings. The number of carbonyl (C=O) groups is 1. The molecule has 8 nitrogen and oxygen atoms in total. The molecule has 0 aliphatic carbocycles. The van der Waals surface area contributed by atoms with Crippen LogP contribution in [-0.2, 0) is 14.2 Å². The molecule has 1 fully saturated rings. The first-order valence-corrected chi connectivity index (χ1v) is 6.43. The van der Waals surface area contributed by atoms with Gasteiger partial charge in [-0.15, -0.1) is 0 Å². The quantitative estimate of drug-likeness (QED) is 0.365. The van der Waals surface area contributed by atoms with Gasteiger partial charge in [-0.2, -0.15) is 0 Å². The van der Waals surface area contributed by atoms with Crippen molar-refractivity contribution in [2.45, 2.75) is 18.9 Å². The van der Waals surface area contributed by atoms with Gasteiger partial charge in [0.2, 0.25) is 0 Å². The molecule has 0 bridgehead atoms. The molecule has 0 radical (unpaired) electrons. The normalized spacial score (nSPS) is 19.1. The van der Waals surface area contributed by atoms with E-state index in [-0.39, 0.29) is 30.9 Å². The first kappa shape index (κ1) is 15.2. The summed E-state index contributed by atoms with van der Waals surface area (Å²) in [6.45, 7) is 0.976. The Hall–Kier alpha value is -2.19. The Kier molecular flexibility index (Phi) is 5.47. The number of nitro benzene ring substituents is 1. The number of carbonyl (C=O) groups excluding carboxylic acids is 1. The van der Waals surface area contributed by atoms with Gasteiger partial charge >= 0.3 is 6.16 Å². The van der Waals surface area contributed by atoms with Crippen molar-refractivity contribution in [3.05, 3.63) is 34.4 Å². The van der Waals surface area contributed by atoms with Gasteiger partial charge in [-0.05, 0) is 25.0 Å². The maximum absolute atomic E-state index is 11.6. The van der Waals surface area contributed by atoms with E-state index in [1.807, 2.05) is 0 Å². The lowest BCUT2D eigenvalue weighted by atomic mass is 10.2. The summed E-state index contributed by atoms with van der Waals surface area (Å²) in [5.41, 5.74) is -0.0795. The van der Waals surface area contributed by atoms with E-state index in [2.05, 4.69) is 0 Å². The highest BCUT2D eigenvalue weighted by molar-refractivity contribution is 5.64. The van der Waals surface area contributed by atoms with Crippen LogP contribution in [0, 0.1) is 10.1 Å².